The number of amides is 1. The van der Waals surface area contributed by atoms with E-state index in [1.165, 1.54) is 11.8 Å². The Balaban J connectivity index is 3.81. The van der Waals surface area contributed by atoms with E-state index in [1.54, 1.807) is 19.0 Å². The number of hydrogen-bond acceptors (Lipinski definition) is 2. The van der Waals surface area contributed by atoms with Gasteiger partial charge in [0, 0.05) is 18.8 Å². The molecule has 3 heteroatoms. The van der Waals surface area contributed by atoms with Crippen LogP contribution in [-0.2, 0) is 0 Å². The van der Waals surface area contributed by atoms with Crippen LogP contribution in [0.15, 0.2) is 0 Å². The van der Waals surface area contributed by atoms with Crippen molar-refractivity contribution in [2.75, 3.05) is 14.1 Å². The molecular formula is C7H15NOS. The summed E-state index contributed by atoms with van der Waals surface area (Å²) in [7, 11) is 3.53. The molecule has 0 bridgehead atoms. The van der Waals surface area contributed by atoms with E-state index in [0.29, 0.717) is 0 Å². The summed E-state index contributed by atoms with van der Waals surface area (Å²) in [6.07, 6.45) is 0. The Morgan fingerprint density at radius 1 is 1.30 bits per heavy atom. The zero-order valence-corrected chi connectivity index (χ0v) is 8.08. The molecule has 0 heterocycles. The molecule has 0 aliphatic heterocycles. The van der Waals surface area contributed by atoms with Gasteiger partial charge in [-0.25, -0.2) is 0 Å². The van der Waals surface area contributed by atoms with Gasteiger partial charge in [0.05, 0.1) is 0 Å². The zero-order valence-electron chi connectivity index (χ0n) is 7.26. The number of carbonyl (C=O) groups is 1. The highest BCUT2D eigenvalue weighted by Crippen LogP contribution is 2.24. The van der Waals surface area contributed by atoms with E-state index >= 15 is 0 Å². The molecule has 0 N–H and O–H groups in total. The lowest BCUT2D eigenvalue weighted by Crippen LogP contribution is -2.22. The topological polar surface area (TPSA) is 20.3 Å². The first-order chi connectivity index (χ1) is 4.33. The molecule has 60 valence electrons. The molecule has 0 aromatic rings. The standard InChI is InChI=1S/C7H15NOS/c1-7(2,3)10-6(9)8(4)5/h1-5H3. The highest BCUT2D eigenvalue weighted by atomic mass is 32.2. The van der Waals surface area contributed by atoms with E-state index in [0.717, 1.165) is 0 Å². The maximum atomic E-state index is 11.0. The number of rotatable bonds is 0. The smallest absolute Gasteiger partial charge is 0.281 e. The minimum atomic E-state index is 0.0291. The molecule has 0 saturated heterocycles. The van der Waals surface area contributed by atoms with Crippen LogP contribution >= 0.6 is 11.8 Å². The minimum absolute atomic E-state index is 0.0291. The fraction of sp³-hybridized carbons (Fsp3) is 0.857. The van der Waals surface area contributed by atoms with E-state index in [2.05, 4.69) is 0 Å². The molecule has 0 unspecified atom stereocenters. The Morgan fingerprint density at radius 2 is 1.70 bits per heavy atom. The predicted molar refractivity (Wildman–Crippen MR) is 46.4 cm³/mol. The third-order valence-corrected chi connectivity index (χ3v) is 1.91. The van der Waals surface area contributed by atoms with Gasteiger partial charge in [0.2, 0.25) is 0 Å². The van der Waals surface area contributed by atoms with Gasteiger partial charge in [-0.1, -0.05) is 32.5 Å². The second kappa shape index (κ2) is 3.28. The zero-order chi connectivity index (χ0) is 8.36. The monoisotopic (exact) mass is 161 g/mol. The number of thioether (sulfide) groups is 1. The summed E-state index contributed by atoms with van der Waals surface area (Å²) >= 11 is 1.35. The van der Waals surface area contributed by atoms with Crippen LogP contribution in [0.25, 0.3) is 0 Å². The predicted octanol–water partition coefficient (Wildman–Crippen LogP) is 2.20. The van der Waals surface area contributed by atoms with Crippen LogP contribution in [0.3, 0.4) is 0 Å². The summed E-state index contributed by atoms with van der Waals surface area (Å²) in [6, 6.07) is 0. The van der Waals surface area contributed by atoms with Crippen LogP contribution in [0.1, 0.15) is 20.8 Å². The number of nitrogens with zero attached hydrogens (tertiary/aromatic N) is 1. The Morgan fingerprint density at radius 3 is 1.80 bits per heavy atom. The number of carbonyl (C=O) groups excluding carboxylic acids is 1. The highest BCUT2D eigenvalue weighted by molar-refractivity contribution is 8.14. The molecule has 0 atom stereocenters. The highest BCUT2D eigenvalue weighted by Gasteiger charge is 2.17. The summed E-state index contributed by atoms with van der Waals surface area (Å²) in [6.45, 7) is 6.08. The van der Waals surface area contributed by atoms with Gasteiger partial charge in [0.15, 0.2) is 0 Å². The van der Waals surface area contributed by atoms with Gasteiger partial charge < -0.3 is 4.90 Å². The molecule has 2 nitrogen and oxygen atoms in total. The second-order valence-electron chi connectivity index (χ2n) is 3.37. The molecule has 0 saturated carbocycles. The molecule has 0 aromatic heterocycles. The van der Waals surface area contributed by atoms with Crippen molar-refractivity contribution in [1.29, 1.82) is 0 Å². The molecule has 0 aromatic carbocycles. The van der Waals surface area contributed by atoms with Gasteiger partial charge in [-0.2, -0.15) is 0 Å². The third-order valence-electron chi connectivity index (χ3n) is 0.759. The lowest BCUT2D eigenvalue weighted by molar-refractivity contribution is 0.241. The van der Waals surface area contributed by atoms with Crippen molar-refractivity contribution >= 4 is 17.0 Å². The maximum absolute atomic E-state index is 11.0. The van der Waals surface area contributed by atoms with E-state index < -0.39 is 0 Å². The lowest BCUT2D eigenvalue weighted by Gasteiger charge is -2.19. The maximum Gasteiger partial charge on any atom is 0.281 e. The first-order valence-corrected chi connectivity index (χ1v) is 4.05. The van der Waals surface area contributed by atoms with Gasteiger partial charge in [-0.05, 0) is 0 Å². The van der Waals surface area contributed by atoms with Crippen molar-refractivity contribution in [3.05, 3.63) is 0 Å². The van der Waals surface area contributed by atoms with Crippen LogP contribution in [0.5, 0.6) is 0 Å². The fourth-order valence-corrected chi connectivity index (χ4v) is 1.06. The summed E-state index contributed by atoms with van der Waals surface area (Å²) < 4.78 is 0.0291. The van der Waals surface area contributed by atoms with Crippen molar-refractivity contribution in [1.82, 2.24) is 4.90 Å². The Labute approximate surface area is 67.0 Å². The summed E-state index contributed by atoms with van der Waals surface area (Å²) in [5.74, 6) is 0. The van der Waals surface area contributed by atoms with Crippen molar-refractivity contribution in [2.45, 2.75) is 25.5 Å². The van der Waals surface area contributed by atoms with Gasteiger partial charge in [0.25, 0.3) is 5.24 Å². The molecule has 10 heavy (non-hydrogen) atoms. The van der Waals surface area contributed by atoms with Gasteiger partial charge in [-0.3, -0.25) is 4.79 Å². The Kier molecular flexibility index (Phi) is 3.22. The summed E-state index contributed by atoms with van der Waals surface area (Å²) in [5.41, 5.74) is 0. The SMILES string of the molecule is CN(C)C(=O)SC(C)(C)C. The fourth-order valence-electron chi connectivity index (χ4n) is 0.353. The lowest BCUT2D eigenvalue weighted by atomic mass is 10.3. The molecule has 0 radical (unpaired) electrons. The first-order valence-electron chi connectivity index (χ1n) is 3.23. The van der Waals surface area contributed by atoms with Crippen molar-refractivity contribution in [3.8, 4) is 0 Å². The quantitative estimate of drug-likeness (QED) is 0.543. The Hall–Kier alpha value is -0.180. The Bertz CT molecular complexity index is 126. The van der Waals surface area contributed by atoms with E-state index in [-0.39, 0.29) is 9.99 Å². The molecule has 0 fully saturated rings. The van der Waals surface area contributed by atoms with Gasteiger partial charge in [0.1, 0.15) is 0 Å². The second-order valence-corrected chi connectivity index (χ2v) is 5.15. The molecule has 1 amide bonds. The van der Waals surface area contributed by atoms with E-state index in [9.17, 15) is 4.79 Å². The van der Waals surface area contributed by atoms with Gasteiger partial charge >= 0.3 is 0 Å². The van der Waals surface area contributed by atoms with E-state index in [1.807, 2.05) is 20.8 Å². The minimum Gasteiger partial charge on any atom is -0.340 e. The summed E-state index contributed by atoms with van der Waals surface area (Å²) in [4.78, 5) is 12.6. The molecule has 0 aliphatic rings. The average molecular weight is 161 g/mol. The van der Waals surface area contributed by atoms with Crippen LogP contribution in [0, 0.1) is 0 Å². The van der Waals surface area contributed by atoms with E-state index in [4.69, 9.17) is 0 Å². The van der Waals surface area contributed by atoms with Crippen LogP contribution in [0.2, 0.25) is 0 Å². The van der Waals surface area contributed by atoms with Crippen LogP contribution in [-0.4, -0.2) is 29.0 Å². The number of hydrogen-bond donors (Lipinski definition) is 0. The first kappa shape index (κ1) is 9.82. The molecule has 0 rings (SSSR count). The summed E-state index contributed by atoms with van der Waals surface area (Å²) in [5, 5.41) is 0.118. The average Bonchev–Trinajstić information content (AvgIpc) is 1.60. The third kappa shape index (κ3) is 4.68. The molecular weight excluding hydrogens is 146 g/mol. The van der Waals surface area contributed by atoms with Crippen molar-refractivity contribution in [3.63, 3.8) is 0 Å². The van der Waals surface area contributed by atoms with Gasteiger partial charge in [-0.15, -0.1) is 0 Å². The van der Waals surface area contributed by atoms with Crippen LogP contribution in [0.4, 0.5) is 4.79 Å². The molecule has 0 aliphatic carbocycles. The normalized spacial score (nSPS) is 11.3. The molecule has 0 spiro atoms. The largest absolute Gasteiger partial charge is 0.340 e. The van der Waals surface area contributed by atoms with Crippen LogP contribution < -0.4 is 0 Å². The van der Waals surface area contributed by atoms with Crippen molar-refractivity contribution < 1.29 is 4.79 Å². The van der Waals surface area contributed by atoms with Crippen molar-refractivity contribution in [2.24, 2.45) is 0 Å².